The second kappa shape index (κ2) is 5.12. The van der Waals surface area contributed by atoms with Gasteiger partial charge in [-0.2, -0.15) is 0 Å². The third-order valence-electron chi connectivity index (χ3n) is 3.83. The van der Waals surface area contributed by atoms with E-state index in [0.717, 1.165) is 18.9 Å². The monoisotopic (exact) mass is 274 g/mol. The molecule has 0 saturated heterocycles. The number of benzene rings is 2. The molecule has 0 aromatic heterocycles. The molecule has 0 saturated carbocycles. The Balaban J connectivity index is 1.91. The van der Waals surface area contributed by atoms with Crippen molar-refractivity contribution in [2.24, 2.45) is 0 Å². The van der Waals surface area contributed by atoms with Crippen molar-refractivity contribution >= 4 is 11.4 Å². The number of nitrogen functional groups attached to an aromatic ring is 1. The third-order valence-corrected chi connectivity index (χ3v) is 3.83. The summed E-state index contributed by atoms with van der Waals surface area (Å²) in [6.07, 6.45) is 1.71. The fourth-order valence-corrected chi connectivity index (χ4v) is 2.74. The first-order chi connectivity index (χ1) is 9.65. The molecule has 1 heterocycles. The van der Waals surface area contributed by atoms with Crippen LogP contribution in [0.5, 0.6) is 0 Å². The lowest BCUT2D eigenvalue weighted by Gasteiger charge is -2.24. The number of nitrogens with two attached hydrogens (primary N) is 1. The van der Waals surface area contributed by atoms with Crippen molar-refractivity contribution in [3.05, 3.63) is 59.2 Å². The number of hydrogen-bond acceptors (Lipinski definition) is 2. The second-order valence-electron chi connectivity index (χ2n) is 5.08. The highest BCUT2D eigenvalue weighted by molar-refractivity contribution is 5.68. The van der Waals surface area contributed by atoms with Crippen LogP contribution in [-0.2, 0) is 12.8 Å². The minimum absolute atomic E-state index is 0.0253. The number of fused-ring (bicyclic) bond motifs is 1. The van der Waals surface area contributed by atoms with E-state index in [0.29, 0.717) is 18.8 Å². The Morgan fingerprint density at radius 2 is 1.55 bits per heavy atom. The van der Waals surface area contributed by atoms with Crippen LogP contribution >= 0.6 is 0 Å². The minimum Gasteiger partial charge on any atom is -0.395 e. The molecule has 0 radical (unpaired) electrons. The Labute approximate surface area is 116 Å². The summed E-state index contributed by atoms with van der Waals surface area (Å²) in [5.74, 6) is -1.28. The quantitative estimate of drug-likeness (QED) is 0.809. The molecule has 2 N–H and O–H groups in total. The van der Waals surface area contributed by atoms with Crippen molar-refractivity contribution in [2.45, 2.75) is 12.8 Å². The summed E-state index contributed by atoms with van der Waals surface area (Å²) in [6.45, 7) is 1.42. The van der Waals surface area contributed by atoms with Gasteiger partial charge in [0.15, 0.2) is 5.82 Å². The zero-order chi connectivity index (χ0) is 14.1. The summed E-state index contributed by atoms with van der Waals surface area (Å²) in [4.78, 5) is 1.96. The minimum atomic E-state index is -0.693. The zero-order valence-electron chi connectivity index (χ0n) is 11.1. The summed E-state index contributed by atoms with van der Waals surface area (Å²) >= 11 is 0. The number of nitrogens with zero attached hydrogens (tertiary/aromatic N) is 1. The van der Waals surface area contributed by atoms with Gasteiger partial charge in [0.1, 0.15) is 5.82 Å². The van der Waals surface area contributed by atoms with Gasteiger partial charge < -0.3 is 10.6 Å². The lowest BCUT2D eigenvalue weighted by atomic mass is 10.0. The van der Waals surface area contributed by atoms with E-state index in [9.17, 15) is 8.78 Å². The summed E-state index contributed by atoms with van der Waals surface area (Å²) in [7, 11) is 0. The van der Waals surface area contributed by atoms with E-state index in [1.165, 1.54) is 17.2 Å². The van der Waals surface area contributed by atoms with Crippen molar-refractivity contribution < 1.29 is 8.78 Å². The van der Waals surface area contributed by atoms with Gasteiger partial charge in [0.2, 0.25) is 0 Å². The lowest BCUT2D eigenvalue weighted by molar-refractivity contribution is 0.585. The van der Waals surface area contributed by atoms with E-state index >= 15 is 0 Å². The van der Waals surface area contributed by atoms with Crippen molar-refractivity contribution in [1.29, 1.82) is 0 Å². The van der Waals surface area contributed by atoms with Crippen LogP contribution in [0.2, 0.25) is 0 Å². The normalized spacial score (nSPS) is 14.8. The maximum Gasteiger partial charge on any atom is 0.151 e. The maximum atomic E-state index is 13.6. The Hall–Kier alpha value is -2.10. The summed E-state index contributed by atoms with van der Waals surface area (Å²) in [5, 5.41) is 0. The van der Waals surface area contributed by atoms with E-state index in [-0.39, 0.29) is 5.69 Å². The van der Waals surface area contributed by atoms with Crippen LogP contribution in [0, 0.1) is 11.6 Å². The Bertz CT molecular complexity index is 613. The standard InChI is InChI=1S/C16H16F2N2/c17-13-9-14(18)16(19)15(10-13)20-7-5-11-3-1-2-4-12(11)6-8-20/h1-4,9-10H,5-8,19H2. The zero-order valence-corrected chi connectivity index (χ0v) is 11.1. The molecule has 2 aromatic carbocycles. The number of halogens is 2. The van der Waals surface area contributed by atoms with Gasteiger partial charge in [-0.15, -0.1) is 0 Å². The molecule has 4 heteroatoms. The lowest BCUT2D eigenvalue weighted by Crippen LogP contribution is -2.27. The highest BCUT2D eigenvalue weighted by atomic mass is 19.1. The van der Waals surface area contributed by atoms with Gasteiger partial charge in [-0.05, 0) is 30.0 Å². The first kappa shape index (κ1) is 12.9. The van der Waals surface area contributed by atoms with Crippen LogP contribution in [0.25, 0.3) is 0 Å². The van der Waals surface area contributed by atoms with Crippen LogP contribution < -0.4 is 10.6 Å². The van der Waals surface area contributed by atoms with Crippen LogP contribution in [0.15, 0.2) is 36.4 Å². The first-order valence-corrected chi connectivity index (χ1v) is 6.71. The summed E-state index contributed by atoms with van der Waals surface area (Å²) in [6, 6.07) is 10.4. The van der Waals surface area contributed by atoms with E-state index in [4.69, 9.17) is 5.73 Å². The van der Waals surface area contributed by atoms with Gasteiger partial charge >= 0.3 is 0 Å². The van der Waals surface area contributed by atoms with Crippen molar-refractivity contribution in [3.63, 3.8) is 0 Å². The molecule has 0 bridgehead atoms. The molecule has 0 unspecified atom stereocenters. The molecule has 2 aromatic rings. The number of hydrogen-bond donors (Lipinski definition) is 1. The molecule has 0 amide bonds. The molecule has 104 valence electrons. The first-order valence-electron chi connectivity index (χ1n) is 6.71. The molecule has 0 fully saturated rings. The molecule has 2 nitrogen and oxygen atoms in total. The Kier molecular flexibility index (Phi) is 3.30. The van der Waals surface area contributed by atoms with E-state index in [1.807, 2.05) is 17.0 Å². The van der Waals surface area contributed by atoms with Crippen molar-refractivity contribution in [1.82, 2.24) is 0 Å². The third kappa shape index (κ3) is 2.33. The molecule has 0 aliphatic carbocycles. The number of anilines is 2. The Morgan fingerprint density at radius 1 is 0.950 bits per heavy atom. The van der Waals surface area contributed by atoms with E-state index in [1.54, 1.807) is 0 Å². The fourth-order valence-electron chi connectivity index (χ4n) is 2.74. The van der Waals surface area contributed by atoms with E-state index in [2.05, 4.69) is 12.1 Å². The van der Waals surface area contributed by atoms with Gasteiger partial charge in [-0.3, -0.25) is 0 Å². The summed E-state index contributed by atoms with van der Waals surface area (Å²) in [5.41, 5.74) is 8.83. The average molecular weight is 274 g/mol. The maximum absolute atomic E-state index is 13.6. The topological polar surface area (TPSA) is 29.3 Å². The van der Waals surface area contributed by atoms with Crippen LogP contribution in [-0.4, -0.2) is 13.1 Å². The van der Waals surface area contributed by atoms with Crippen molar-refractivity contribution in [2.75, 3.05) is 23.7 Å². The van der Waals surface area contributed by atoms with E-state index < -0.39 is 11.6 Å². The highest BCUT2D eigenvalue weighted by Crippen LogP contribution is 2.29. The molecule has 0 atom stereocenters. The average Bonchev–Trinajstić information content (AvgIpc) is 2.65. The Morgan fingerprint density at radius 3 is 2.15 bits per heavy atom. The molecular weight excluding hydrogens is 258 g/mol. The van der Waals surface area contributed by atoms with Gasteiger partial charge in [0.25, 0.3) is 0 Å². The largest absolute Gasteiger partial charge is 0.395 e. The molecule has 20 heavy (non-hydrogen) atoms. The molecule has 1 aliphatic heterocycles. The summed E-state index contributed by atoms with van der Waals surface area (Å²) < 4.78 is 27.0. The van der Waals surface area contributed by atoms with Gasteiger partial charge in [-0.25, -0.2) is 8.78 Å². The number of rotatable bonds is 1. The van der Waals surface area contributed by atoms with Crippen LogP contribution in [0.3, 0.4) is 0 Å². The highest BCUT2D eigenvalue weighted by Gasteiger charge is 2.18. The van der Waals surface area contributed by atoms with Crippen molar-refractivity contribution in [3.8, 4) is 0 Å². The SMILES string of the molecule is Nc1c(F)cc(F)cc1N1CCc2ccccc2CC1. The van der Waals surface area contributed by atoms with Gasteiger partial charge in [0, 0.05) is 19.2 Å². The van der Waals surface area contributed by atoms with Gasteiger partial charge in [0.05, 0.1) is 11.4 Å². The van der Waals surface area contributed by atoms with Gasteiger partial charge in [-0.1, -0.05) is 24.3 Å². The predicted molar refractivity (Wildman–Crippen MR) is 76.8 cm³/mol. The second-order valence-corrected chi connectivity index (χ2v) is 5.08. The predicted octanol–water partition coefficient (Wildman–Crippen LogP) is 3.15. The van der Waals surface area contributed by atoms with Crippen LogP contribution in [0.4, 0.5) is 20.2 Å². The molecular formula is C16H16F2N2. The fraction of sp³-hybridized carbons (Fsp3) is 0.250. The molecule has 0 spiro atoms. The smallest absolute Gasteiger partial charge is 0.151 e. The molecule has 3 rings (SSSR count). The molecule has 1 aliphatic rings. The van der Waals surface area contributed by atoms with Crippen LogP contribution in [0.1, 0.15) is 11.1 Å².